The lowest BCUT2D eigenvalue weighted by Gasteiger charge is -2.42. The monoisotopic (exact) mass is 383 g/mol. The topological polar surface area (TPSA) is 76.1 Å². The molecule has 148 valence electrons. The average molecular weight is 383 g/mol. The highest BCUT2D eigenvalue weighted by molar-refractivity contribution is 5.91. The van der Waals surface area contributed by atoms with Crippen molar-refractivity contribution in [2.45, 2.75) is 32.0 Å². The van der Waals surface area contributed by atoms with Crippen LogP contribution in [0.2, 0.25) is 0 Å². The standard InChI is InChI=1S/C22H25NO5/c1-22(2)15-23(13-18(28-22)14-27-17-9-4-3-5-10-17)20(24)12-16-8-6-7-11-19(16)21(25)26/h3-11,18H,12-15H2,1-2H3,(H,25,26). The number of morpholine rings is 1. The van der Waals surface area contributed by atoms with Gasteiger partial charge in [0.25, 0.3) is 0 Å². The van der Waals surface area contributed by atoms with E-state index in [1.165, 1.54) is 6.07 Å². The number of hydrogen-bond donors (Lipinski definition) is 1. The van der Waals surface area contributed by atoms with Crippen LogP contribution in [0.4, 0.5) is 0 Å². The number of carboxylic acids is 1. The summed E-state index contributed by atoms with van der Waals surface area (Å²) < 4.78 is 11.9. The highest BCUT2D eigenvalue weighted by Crippen LogP contribution is 2.23. The lowest BCUT2D eigenvalue weighted by Crippen LogP contribution is -2.56. The molecule has 1 N–H and O–H groups in total. The lowest BCUT2D eigenvalue weighted by molar-refractivity contribution is -0.165. The highest BCUT2D eigenvalue weighted by Gasteiger charge is 2.36. The lowest BCUT2D eigenvalue weighted by atomic mass is 10.0. The number of carbonyl (C=O) groups is 2. The van der Waals surface area contributed by atoms with Gasteiger partial charge in [0.05, 0.1) is 24.1 Å². The second kappa shape index (κ2) is 8.44. The number of carbonyl (C=O) groups excluding carboxylic acids is 1. The molecule has 28 heavy (non-hydrogen) atoms. The zero-order valence-corrected chi connectivity index (χ0v) is 16.1. The van der Waals surface area contributed by atoms with Crippen LogP contribution in [0.5, 0.6) is 5.75 Å². The Bertz CT molecular complexity index is 834. The second-order valence-electron chi connectivity index (χ2n) is 7.54. The van der Waals surface area contributed by atoms with Gasteiger partial charge in [0.15, 0.2) is 0 Å². The van der Waals surface area contributed by atoms with Crippen molar-refractivity contribution < 1.29 is 24.2 Å². The number of hydrogen-bond acceptors (Lipinski definition) is 4. The molecule has 1 amide bonds. The van der Waals surface area contributed by atoms with Crippen LogP contribution in [0.3, 0.4) is 0 Å². The van der Waals surface area contributed by atoms with Crippen molar-refractivity contribution in [3.8, 4) is 5.75 Å². The minimum atomic E-state index is -1.03. The summed E-state index contributed by atoms with van der Waals surface area (Å²) in [6, 6.07) is 16.1. The Morgan fingerprint density at radius 2 is 1.82 bits per heavy atom. The van der Waals surface area contributed by atoms with E-state index in [-0.39, 0.29) is 24.0 Å². The van der Waals surface area contributed by atoms with Gasteiger partial charge in [0.1, 0.15) is 18.5 Å². The maximum Gasteiger partial charge on any atom is 0.335 e. The fourth-order valence-corrected chi connectivity index (χ4v) is 3.44. The van der Waals surface area contributed by atoms with Crippen LogP contribution < -0.4 is 4.74 Å². The first kappa shape index (κ1) is 19.9. The van der Waals surface area contributed by atoms with Crippen LogP contribution in [-0.4, -0.2) is 53.3 Å². The molecular weight excluding hydrogens is 358 g/mol. The summed E-state index contributed by atoms with van der Waals surface area (Å²) in [6.07, 6.45) is -0.215. The fourth-order valence-electron chi connectivity index (χ4n) is 3.44. The zero-order valence-electron chi connectivity index (χ0n) is 16.1. The largest absolute Gasteiger partial charge is 0.491 e. The molecule has 0 saturated carbocycles. The fraction of sp³-hybridized carbons (Fsp3) is 0.364. The van der Waals surface area contributed by atoms with Crippen LogP contribution >= 0.6 is 0 Å². The molecule has 2 aromatic rings. The summed E-state index contributed by atoms with van der Waals surface area (Å²) in [7, 11) is 0. The summed E-state index contributed by atoms with van der Waals surface area (Å²) in [5.74, 6) is -0.391. The molecule has 6 heteroatoms. The van der Waals surface area contributed by atoms with Crippen molar-refractivity contribution in [3.05, 3.63) is 65.7 Å². The van der Waals surface area contributed by atoms with Gasteiger partial charge in [-0.05, 0) is 37.6 Å². The highest BCUT2D eigenvalue weighted by atomic mass is 16.5. The Hall–Kier alpha value is -2.86. The molecule has 0 spiro atoms. The maximum absolute atomic E-state index is 12.9. The first-order valence-electron chi connectivity index (χ1n) is 9.29. The van der Waals surface area contributed by atoms with Gasteiger partial charge in [-0.25, -0.2) is 4.79 Å². The van der Waals surface area contributed by atoms with E-state index in [0.29, 0.717) is 25.3 Å². The van der Waals surface area contributed by atoms with Gasteiger partial charge in [-0.3, -0.25) is 4.79 Å². The number of benzene rings is 2. The predicted octanol–water partition coefficient (Wildman–Crippen LogP) is 3.01. The van der Waals surface area contributed by atoms with Gasteiger partial charge < -0.3 is 19.5 Å². The average Bonchev–Trinajstić information content (AvgIpc) is 2.66. The SMILES string of the molecule is CC1(C)CN(C(=O)Cc2ccccc2C(=O)O)CC(COc2ccccc2)O1. The maximum atomic E-state index is 12.9. The number of ether oxygens (including phenoxy) is 2. The Labute approximate surface area is 164 Å². The zero-order chi connectivity index (χ0) is 20.1. The minimum Gasteiger partial charge on any atom is -0.491 e. The van der Waals surface area contributed by atoms with Gasteiger partial charge in [0, 0.05) is 6.54 Å². The minimum absolute atomic E-state index is 0.0464. The molecule has 1 saturated heterocycles. The van der Waals surface area contributed by atoms with Crippen molar-refractivity contribution >= 4 is 11.9 Å². The van der Waals surface area contributed by atoms with Crippen molar-refractivity contribution in [3.63, 3.8) is 0 Å². The summed E-state index contributed by atoms with van der Waals surface area (Å²) in [5, 5.41) is 9.33. The number of para-hydroxylation sites is 1. The van der Waals surface area contributed by atoms with E-state index in [2.05, 4.69) is 0 Å². The van der Waals surface area contributed by atoms with E-state index in [4.69, 9.17) is 9.47 Å². The van der Waals surface area contributed by atoms with E-state index < -0.39 is 11.6 Å². The van der Waals surface area contributed by atoms with Crippen molar-refractivity contribution in [1.29, 1.82) is 0 Å². The normalized spacial score (nSPS) is 18.5. The Morgan fingerprint density at radius 3 is 2.54 bits per heavy atom. The number of rotatable bonds is 6. The molecule has 0 radical (unpaired) electrons. The molecule has 1 unspecified atom stereocenters. The van der Waals surface area contributed by atoms with E-state index >= 15 is 0 Å². The van der Waals surface area contributed by atoms with Gasteiger partial charge in [-0.2, -0.15) is 0 Å². The Balaban J connectivity index is 1.67. The molecule has 0 aromatic heterocycles. The van der Waals surface area contributed by atoms with E-state index in [1.54, 1.807) is 23.1 Å². The summed E-state index contributed by atoms with van der Waals surface area (Å²) in [4.78, 5) is 26.0. The van der Waals surface area contributed by atoms with Crippen LogP contribution in [0.1, 0.15) is 29.8 Å². The van der Waals surface area contributed by atoms with Gasteiger partial charge in [-0.15, -0.1) is 0 Å². The molecule has 1 fully saturated rings. The first-order chi connectivity index (χ1) is 13.3. The third-order valence-corrected chi connectivity index (χ3v) is 4.60. The number of amides is 1. The predicted molar refractivity (Wildman–Crippen MR) is 105 cm³/mol. The number of carboxylic acid groups (broad SMARTS) is 1. The van der Waals surface area contributed by atoms with Crippen molar-refractivity contribution in [1.82, 2.24) is 4.90 Å². The molecule has 1 atom stereocenters. The van der Waals surface area contributed by atoms with Crippen LogP contribution in [0.15, 0.2) is 54.6 Å². The van der Waals surface area contributed by atoms with Crippen molar-refractivity contribution in [2.75, 3.05) is 19.7 Å². The smallest absolute Gasteiger partial charge is 0.335 e. The summed E-state index contributed by atoms with van der Waals surface area (Å²) in [6.45, 7) is 5.07. The summed E-state index contributed by atoms with van der Waals surface area (Å²) >= 11 is 0. The quantitative estimate of drug-likeness (QED) is 0.830. The molecule has 0 bridgehead atoms. The third kappa shape index (κ3) is 5.10. The number of aromatic carboxylic acids is 1. The molecule has 2 aromatic carbocycles. The second-order valence-corrected chi connectivity index (χ2v) is 7.54. The van der Waals surface area contributed by atoms with E-state index in [9.17, 15) is 14.7 Å². The number of nitrogens with zero attached hydrogens (tertiary/aromatic N) is 1. The van der Waals surface area contributed by atoms with Gasteiger partial charge in [-0.1, -0.05) is 36.4 Å². The molecule has 1 aliphatic heterocycles. The molecular formula is C22H25NO5. The van der Waals surface area contributed by atoms with Gasteiger partial charge in [0.2, 0.25) is 5.91 Å². The van der Waals surface area contributed by atoms with Crippen molar-refractivity contribution in [2.24, 2.45) is 0 Å². The van der Waals surface area contributed by atoms with Crippen LogP contribution in [-0.2, 0) is 16.0 Å². The first-order valence-corrected chi connectivity index (χ1v) is 9.29. The van der Waals surface area contributed by atoms with Crippen LogP contribution in [0, 0.1) is 0 Å². The molecule has 1 aliphatic rings. The molecule has 3 rings (SSSR count). The van der Waals surface area contributed by atoms with Gasteiger partial charge >= 0.3 is 5.97 Å². The van der Waals surface area contributed by atoms with Crippen LogP contribution in [0.25, 0.3) is 0 Å². The molecule has 1 heterocycles. The Morgan fingerprint density at radius 1 is 1.14 bits per heavy atom. The Kier molecular flexibility index (Phi) is 5.99. The summed E-state index contributed by atoms with van der Waals surface area (Å²) in [5.41, 5.74) is 0.166. The molecule has 0 aliphatic carbocycles. The molecule has 6 nitrogen and oxygen atoms in total. The van der Waals surface area contributed by atoms with E-state index in [0.717, 1.165) is 5.75 Å². The van der Waals surface area contributed by atoms with E-state index in [1.807, 2.05) is 44.2 Å². The third-order valence-electron chi connectivity index (χ3n) is 4.60.